The fourth-order valence-corrected chi connectivity index (χ4v) is 1.15. The first-order chi connectivity index (χ1) is 6.59. The zero-order valence-corrected chi connectivity index (χ0v) is 8.55. The Kier molecular flexibility index (Phi) is 3.47. The second kappa shape index (κ2) is 4.42. The van der Waals surface area contributed by atoms with Crippen LogP contribution in [0.1, 0.15) is 20.3 Å². The SMILES string of the molecule is CCC(C)(CO)Nc1cccc(F)c1. The number of nitrogens with one attached hydrogen (secondary N) is 1. The molecule has 1 atom stereocenters. The molecule has 0 saturated heterocycles. The molecule has 14 heavy (non-hydrogen) atoms. The second-order valence-electron chi connectivity index (χ2n) is 3.71. The van der Waals surface area contributed by atoms with Gasteiger partial charge in [0.25, 0.3) is 0 Å². The summed E-state index contributed by atoms with van der Waals surface area (Å²) in [7, 11) is 0. The summed E-state index contributed by atoms with van der Waals surface area (Å²) in [6.45, 7) is 3.90. The van der Waals surface area contributed by atoms with Crippen molar-refractivity contribution < 1.29 is 9.50 Å². The molecule has 0 saturated carbocycles. The Hall–Kier alpha value is -1.09. The highest BCUT2D eigenvalue weighted by Gasteiger charge is 2.20. The van der Waals surface area contributed by atoms with Gasteiger partial charge in [-0.15, -0.1) is 0 Å². The molecule has 0 aliphatic carbocycles. The van der Waals surface area contributed by atoms with Gasteiger partial charge in [-0.05, 0) is 31.5 Å². The van der Waals surface area contributed by atoms with Crippen LogP contribution in [0.25, 0.3) is 0 Å². The number of halogens is 1. The summed E-state index contributed by atoms with van der Waals surface area (Å²) in [6.07, 6.45) is 0.778. The Morgan fingerprint density at radius 3 is 2.71 bits per heavy atom. The van der Waals surface area contributed by atoms with Gasteiger partial charge in [-0.1, -0.05) is 13.0 Å². The van der Waals surface area contributed by atoms with Gasteiger partial charge in [0, 0.05) is 5.69 Å². The smallest absolute Gasteiger partial charge is 0.125 e. The first-order valence-corrected chi connectivity index (χ1v) is 4.74. The van der Waals surface area contributed by atoms with Crippen molar-refractivity contribution >= 4 is 5.69 Å². The fraction of sp³-hybridized carbons (Fsp3) is 0.455. The van der Waals surface area contributed by atoms with Crippen LogP contribution in [0, 0.1) is 5.82 Å². The van der Waals surface area contributed by atoms with E-state index in [1.54, 1.807) is 12.1 Å². The van der Waals surface area contributed by atoms with Crippen molar-refractivity contribution in [2.45, 2.75) is 25.8 Å². The average molecular weight is 197 g/mol. The van der Waals surface area contributed by atoms with Gasteiger partial charge >= 0.3 is 0 Å². The number of rotatable bonds is 4. The van der Waals surface area contributed by atoms with Crippen LogP contribution in [0.2, 0.25) is 0 Å². The van der Waals surface area contributed by atoms with E-state index in [4.69, 9.17) is 5.11 Å². The molecule has 78 valence electrons. The highest BCUT2D eigenvalue weighted by Crippen LogP contribution is 2.18. The van der Waals surface area contributed by atoms with Crippen LogP contribution in [0.5, 0.6) is 0 Å². The zero-order chi connectivity index (χ0) is 10.6. The van der Waals surface area contributed by atoms with Gasteiger partial charge < -0.3 is 10.4 Å². The van der Waals surface area contributed by atoms with Crippen LogP contribution < -0.4 is 5.32 Å². The van der Waals surface area contributed by atoms with Crippen LogP contribution in [-0.4, -0.2) is 17.3 Å². The third kappa shape index (κ3) is 2.70. The topological polar surface area (TPSA) is 32.3 Å². The highest BCUT2D eigenvalue weighted by atomic mass is 19.1. The maximum Gasteiger partial charge on any atom is 0.125 e. The molecule has 0 heterocycles. The predicted octanol–water partition coefficient (Wildman–Crippen LogP) is 2.40. The van der Waals surface area contributed by atoms with Gasteiger partial charge in [0.1, 0.15) is 5.82 Å². The van der Waals surface area contributed by atoms with Crippen molar-refractivity contribution in [2.75, 3.05) is 11.9 Å². The fourth-order valence-electron chi connectivity index (χ4n) is 1.15. The number of hydrogen-bond donors (Lipinski definition) is 2. The van der Waals surface area contributed by atoms with E-state index in [-0.39, 0.29) is 18.0 Å². The molecule has 1 aromatic rings. The third-order valence-corrected chi connectivity index (χ3v) is 2.40. The molecule has 0 bridgehead atoms. The number of aliphatic hydroxyl groups excluding tert-OH is 1. The third-order valence-electron chi connectivity index (χ3n) is 2.40. The van der Waals surface area contributed by atoms with Crippen LogP contribution in [-0.2, 0) is 0 Å². The van der Waals surface area contributed by atoms with Crippen molar-refractivity contribution in [3.63, 3.8) is 0 Å². The van der Waals surface area contributed by atoms with Crippen molar-refractivity contribution in [3.05, 3.63) is 30.1 Å². The minimum Gasteiger partial charge on any atom is -0.394 e. The van der Waals surface area contributed by atoms with Gasteiger partial charge in [0.05, 0.1) is 12.1 Å². The lowest BCUT2D eigenvalue weighted by Crippen LogP contribution is -2.37. The second-order valence-corrected chi connectivity index (χ2v) is 3.71. The van der Waals surface area contributed by atoms with E-state index in [1.807, 2.05) is 13.8 Å². The standard InChI is InChI=1S/C11H16FNO/c1-3-11(2,8-14)13-10-6-4-5-9(12)7-10/h4-7,13-14H,3,8H2,1-2H3. The van der Waals surface area contributed by atoms with E-state index in [0.29, 0.717) is 5.69 Å². The number of benzene rings is 1. The van der Waals surface area contributed by atoms with E-state index in [0.717, 1.165) is 6.42 Å². The van der Waals surface area contributed by atoms with E-state index < -0.39 is 0 Å². The molecule has 0 radical (unpaired) electrons. The normalized spacial score (nSPS) is 14.9. The van der Waals surface area contributed by atoms with Gasteiger partial charge in [0.15, 0.2) is 0 Å². The molecule has 2 N–H and O–H groups in total. The molecule has 3 heteroatoms. The molecule has 1 unspecified atom stereocenters. The maximum atomic E-state index is 12.8. The summed E-state index contributed by atoms with van der Waals surface area (Å²) < 4.78 is 12.8. The number of aliphatic hydroxyl groups is 1. The van der Waals surface area contributed by atoms with Crippen molar-refractivity contribution in [1.82, 2.24) is 0 Å². The lowest BCUT2D eigenvalue weighted by molar-refractivity contribution is 0.219. The van der Waals surface area contributed by atoms with Crippen LogP contribution in [0.15, 0.2) is 24.3 Å². The van der Waals surface area contributed by atoms with Gasteiger partial charge in [-0.2, -0.15) is 0 Å². The summed E-state index contributed by atoms with van der Waals surface area (Å²) >= 11 is 0. The Morgan fingerprint density at radius 1 is 1.50 bits per heavy atom. The summed E-state index contributed by atoms with van der Waals surface area (Å²) in [6, 6.07) is 6.24. The number of anilines is 1. The summed E-state index contributed by atoms with van der Waals surface area (Å²) in [5.41, 5.74) is 0.316. The van der Waals surface area contributed by atoms with Crippen molar-refractivity contribution in [3.8, 4) is 0 Å². The zero-order valence-electron chi connectivity index (χ0n) is 8.55. The van der Waals surface area contributed by atoms with Crippen molar-refractivity contribution in [1.29, 1.82) is 0 Å². The van der Waals surface area contributed by atoms with Crippen molar-refractivity contribution in [2.24, 2.45) is 0 Å². The molecule has 0 aromatic heterocycles. The van der Waals surface area contributed by atoms with E-state index in [9.17, 15) is 4.39 Å². The summed E-state index contributed by atoms with van der Waals surface area (Å²) in [5, 5.41) is 12.3. The molecule has 0 aliphatic heterocycles. The van der Waals surface area contributed by atoms with Crippen LogP contribution >= 0.6 is 0 Å². The Labute approximate surface area is 83.8 Å². The average Bonchev–Trinajstić information content (AvgIpc) is 2.18. The number of hydrogen-bond acceptors (Lipinski definition) is 2. The highest BCUT2D eigenvalue weighted by molar-refractivity contribution is 5.45. The van der Waals surface area contributed by atoms with E-state index in [2.05, 4.69) is 5.32 Å². The van der Waals surface area contributed by atoms with Gasteiger partial charge in [-0.25, -0.2) is 4.39 Å². The quantitative estimate of drug-likeness (QED) is 0.776. The molecular weight excluding hydrogens is 181 g/mol. The van der Waals surface area contributed by atoms with Gasteiger partial charge in [-0.3, -0.25) is 0 Å². The predicted molar refractivity (Wildman–Crippen MR) is 55.8 cm³/mol. The first kappa shape index (κ1) is 11.0. The van der Waals surface area contributed by atoms with Gasteiger partial charge in [0.2, 0.25) is 0 Å². The Balaban J connectivity index is 2.77. The minimum absolute atomic E-state index is 0.0278. The Bertz CT molecular complexity index is 297. The molecule has 1 rings (SSSR count). The lowest BCUT2D eigenvalue weighted by atomic mass is 10.00. The van der Waals surface area contributed by atoms with E-state index >= 15 is 0 Å². The molecule has 0 spiro atoms. The molecule has 0 fully saturated rings. The lowest BCUT2D eigenvalue weighted by Gasteiger charge is -2.28. The summed E-state index contributed by atoms with van der Waals surface area (Å²) in [5.74, 6) is -0.272. The molecule has 0 amide bonds. The van der Waals surface area contributed by atoms with Crippen LogP contribution in [0.3, 0.4) is 0 Å². The molecule has 2 nitrogen and oxygen atoms in total. The monoisotopic (exact) mass is 197 g/mol. The Morgan fingerprint density at radius 2 is 2.21 bits per heavy atom. The molecular formula is C11H16FNO. The molecule has 1 aromatic carbocycles. The summed E-state index contributed by atoms with van der Waals surface area (Å²) in [4.78, 5) is 0. The largest absolute Gasteiger partial charge is 0.394 e. The van der Waals surface area contributed by atoms with Crippen LogP contribution in [0.4, 0.5) is 10.1 Å². The first-order valence-electron chi connectivity index (χ1n) is 4.74. The molecule has 0 aliphatic rings. The minimum atomic E-state index is -0.381. The maximum absolute atomic E-state index is 12.8. The van der Waals surface area contributed by atoms with E-state index in [1.165, 1.54) is 12.1 Å².